The third-order valence-electron chi connectivity index (χ3n) is 3.93. The second kappa shape index (κ2) is 6.67. The minimum Gasteiger partial charge on any atom is -0.381 e. The highest BCUT2D eigenvalue weighted by Crippen LogP contribution is 2.24. The molecular formula is C17H17ClN4. The first-order valence-electron chi connectivity index (χ1n) is 7.38. The summed E-state index contributed by atoms with van der Waals surface area (Å²) in [6.07, 6.45) is 3.86. The van der Waals surface area contributed by atoms with Gasteiger partial charge in [0.05, 0.1) is 11.3 Å². The molecule has 0 unspecified atom stereocenters. The summed E-state index contributed by atoms with van der Waals surface area (Å²) < 4.78 is 0. The molecule has 0 aliphatic carbocycles. The van der Waals surface area contributed by atoms with Gasteiger partial charge in [0, 0.05) is 30.4 Å². The molecule has 5 heteroatoms. The number of pyridine rings is 1. The van der Waals surface area contributed by atoms with Gasteiger partial charge in [0.2, 0.25) is 0 Å². The Morgan fingerprint density at radius 1 is 1.23 bits per heavy atom. The van der Waals surface area contributed by atoms with Crippen molar-refractivity contribution in [1.29, 1.82) is 5.26 Å². The van der Waals surface area contributed by atoms with Crippen molar-refractivity contribution in [2.75, 3.05) is 23.3 Å². The molecule has 1 N–H and O–H groups in total. The van der Waals surface area contributed by atoms with Gasteiger partial charge in [0.25, 0.3) is 0 Å². The van der Waals surface area contributed by atoms with Crippen molar-refractivity contribution in [3.05, 3.63) is 53.2 Å². The van der Waals surface area contributed by atoms with Gasteiger partial charge in [-0.25, -0.2) is 4.98 Å². The van der Waals surface area contributed by atoms with E-state index in [1.165, 1.54) is 0 Å². The Balaban J connectivity index is 1.62. The van der Waals surface area contributed by atoms with Crippen LogP contribution >= 0.6 is 11.6 Å². The zero-order valence-electron chi connectivity index (χ0n) is 12.2. The summed E-state index contributed by atoms with van der Waals surface area (Å²) in [7, 11) is 0. The van der Waals surface area contributed by atoms with E-state index in [9.17, 15) is 5.26 Å². The molecule has 1 aromatic carbocycles. The first-order chi connectivity index (χ1) is 10.8. The van der Waals surface area contributed by atoms with E-state index in [1.807, 2.05) is 36.5 Å². The number of hydrogen-bond donors (Lipinski definition) is 1. The van der Waals surface area contributed by atoms with Crippen molar-refractivity contribution in [2.24, 2.45) is 0 Å². The summed E-state index contributed by atoms with van der Waals surface area (Å²) >= 11 is 5.93. The predicted molar refractivity (Wildman–Crippen MR) is 89.3 cm³/mol. The number of aromatic nitrogens is 1. The zero-order chi connectivity index (χ0) is 15.4. The van der Waals surface area contributed by atoms with E-state index < -0.39 is 0 Å². The van der Waals surface area contributed by atoms with Crippen LogP contribution in [0.5, 0.6) is 0 Å². The lowest BCUT2D eigenvalue weighted by Gasteiger charge is -2.33. The number of rotatable bonds is 3. The van der Waals surface area contributed by atoms with Crippen molar-refractivity contribution in [3.63, 3.8) is 0 Å². The standard InChI is InChI=1S/C17H17ClN4/c18-14-4-5-16(13(11-14)12-19)21-15-6-9-22(10-7-15)17-3-1-2-8-20-17/h1-5,8,11,15,21H,6-7,9-10H2. The Kier molecular flexibility index (Phi) is 4.45. The smallest absolute Gasteiger partial charge is 0.128 e. The van der Waals surface area contributed by atoms with E-state index in [-0.39, 0.29) is 0 Å². The Morgan fingerprint density at radius 3 is 2.73 bits per heavy atom. The molecule has 0 spiro atoms. The number of anilines is 2. The summed E-state index contributed by atoms with van der Waals surface area (Å²) in [5.41, 5.74) is 1.46. The van der Waals surface area contributed by atoms with Crippen molar-refractivity contribution >= 4 is 23.1 Å². The molecule has 0 radical (unpaired) electrons. The van der Waals surface area contributed by atoms with Crippen LogP contribution in [0.2, 0.25) is 5.02 Å². The van der Waals surface area contributed by atoms with Crippen LogP contribution in [0.4, 0.5) is 11.5 Å². The number of hydrogen-bond acceptors (Lipinski definition) is 4. The van der Waals surface area contributed by atoms with Crippen molar-refractivity contribution < 1.29 is 0 Å². The highest BCUT2D eigenvalue weighted by atomic mass is 35.5. The predicted octanol–water partition coefficient (Wildman–Crippen LogP) is 3.69. The minimum absolute atomic E-state index is 0.369. The molecule has 0 amide bonds. The number of halogens is 1. The van der Waals surface area contributed by atoms with Gasteiger partial charge >= 0.3 is 0 Å². The second-order valence-electron chi connectivity index (χ2n) is 5.40. The van der Waals surface area contributed by atoms with Crippen LogP contribution < -0.4 is 10.2 Å². The molecule has 3 rings (SSSR count). The van der Waals surface area contributed by atoms with Crippen LogP contribution in [0.25, 0.3) is 0 Å². The number of benzene rings is 1. The van der Waals surface area contributed by atoms with Gasteiger partial charge in [-0.3, -0.25) is 0 Å². The second-order valence-corrected chi connectivity index (χ2v) is 5.83. The molecule has 112 valence electrons. The SMILES string of the molecule is N#Cc1cc(Cl)ccc1NC1CCN(c2ccccn2)CC1. The van der Waals surface area contributed by atoms with E-state index in [0.29, 0.717) is 16.6 Å². The van der Waals surface area contributed by atoms with Gasteiger partial charge in [0.1, 0.15) is 11.9 Å². The topological polar surface area (TPSA) is 52.0 Å². The molecule has 2 heterocycles. The maximum Gasteiger partial charge on any atom is 0.128 e. The molecule has 2 aromatic rings. The molecule has 22 heavy (non-hydrogen) atoms. The summed E-state index contributed by atoms with van der Waals surface area (Å²) in [5, 5.41) is 13.3. The molecule has 0 atom stereocenters. The van der Waals surface area contributed by atoms with E-state index in [4.69, 9.17) is 11.6 Å². The Hall–Kier alpha value is -2.25. The third-order valence-corrected chi connectivity index (χ3v) is 4.17. The minimum atomic E-state index is 0.369. The van der Waals surface area contributed by atoms with Gasteiger partial charge < -0.3 is 10.2 Å². The maximum absolute atomic E-state index is 9.20. The number of nitrogens with zero attached hydrogens (tertiary/aromatic N) is 3. The highest BCUT2D eigenvalue weighted by molar-refractivity contribution is 6.30. The number of nitrogens with one attached hydrogen (secondary N) is 1. The first kappa shape index (κ1) is 14.7. The molecule has 1 saturated heterocycles. The van der Waals surface area contributed by atoms with Crippen molar-refractivity contribution in [1.82, 2.24) is 4.98 Å². The number of nitriles is 1. The quantitative estimate of drug-likeness (QED) is 0.939. The maximum atomic E-state index is 9.20. The van der Waals surface area contributed by atoms with Crippen molar-refractivity contribution in [3.8, 4) is 6.07 Å². The van der Waals surface area contributed by atoms with E-state index in [2.05, 4.69) is 21.3 Å². The normalized spacial score (nSPS) is 15.4. The molecule has 1 fully saturated rings. The highest BCUT2D eigenvalue weighted by Gasteiger charge is 2.20. The van der Waals surface area contributed by atoms with Crippen LogP contribution in [-0.2, 0) is 0 Å². The zero-order valence-corrected chi connectivity index (χ0v) is 12.9. The molecular weight excluding hydrogens is 296 g/mol. The summed E-state index contributed by atoms with van der Waals surface area (Å²) in [6.45, 7) is 1.92. The Labute approximate surface area is 135 Å². The van der Waals surface area contributed by atoms with E-state index in [1.54, 1.807) is 6.07 Å². The van der Waals surface area contributed by atoms with Crippen molar-refractivity contribution in [2.45, 2.75) is 18.9 Å². The average Bonchev–Trinajstić information content (AvgIpc) is 2.58. The molecule has 1 aromatic heterocycles. The largest absolute Gasteiger partial charge is 0.381 e. The summed E-state index contributed by atoms with van der Waals surface area (Å²) in [6, 6.07) is 13.9. The van der Waals surface area contributed by atoms with Gasteiger partial charge in [-0.05, 0) is 43.2 Å². The van der Waals surface area contributed by atoms with Gasteiger partial charge in [-0.15, -0.1) is 0 Å². The van der Waals surface area contributed by atoms with Gasteiger partial charge in [-0.2, -0.15) is 5.26 Å². The monoisotopic (exact) mass is 312 g/mol. The van der Waals surface area contributed by atoms with Crippen LogP contribution in [-0.4, -0.2) is 24.1 Å². The molecule has 1 aliphatic heterocycles. The van der Waals surface area contributed by atoms with Crippen LogP contribution in [0.3, 0.4) is 0 Å². The summed E-state index contributed by atoms with van der Waals surface area (Å²) in [4.78, 5) is 6.69. The lowest BCUT2D eigenvalue weighted by Crippen LogP contribution is -2.39. The number of piperidine rings is 1. The van der Waals surface area contributed by atoms with Gasteiger partial charge in [-0.1, -0.05) is 17.7 Å². The van der Waals surface area contributed by atoms with E-state index >= 15 is 0 Å². The summed E-state index contributed by atoms with van der Waals surface area (Å²) in [5.74, 6) is 1.03. The van der Waals surface area contributed by atoms with Crippen LogP contribution in [0.15, 0.2) is 42.6 Å². The third kappa shape index (κ3) is 3.32. The fraction of sp³-hybridized carbons (Fsp3) is 0.294. The Bertz CT molecular complexity index is 673. The lowest BCUT2D eigenvalue weighted by molar-refractivity contribution is 0.523. The fourth-order valence-electron chi connectivity index (χ4n) is 2.75. The lowest BCUT2D eigenvalue weighted by atomic mass is 10.0. The van der Waals surface area contributed by atoms with E-state index in [0.717, 1.165) is 37.4 Å². The molecule has 1 aliphatic rings. The Morgan fingerprint density at radius 2 is 2.05 bits per heavy atom. The first-order valence-corrected chi connectivity index (χ1v) is 7.76. The molecule has 4 nitrogen and oxygen atoms in total. The van der Waals surface area contributed by atoms with Gasteiger partial charge in [0.15, 0.2) is 0 Å². The molecule has 0 saturated carbocycles. The fourth-order valence-corrected chi connectivity index (χ4v) is 2.92. The van der Waals surface area contributed by atoms with Crippen LogP contribution in [0, 0.1) is 11.3 Å². The van der Waals surface area contributed by atoms with Crippen LogP contribution in [0.1, 0.15) is 18.4 Å². The average molecular weight is 313 g/mol. The molecule has 0 bridgehead atoms.